The zero-order chi connectivity index (χ0) is 16.4. The molecule has 0 aromatic carbocycles. The smallest absolute Gasteiger partial charge is 0.319 e. The van der Waals surface area contributed by atoms with Crippen LogP contribution in [-0.4, -0.2) is 38.0 Å². The minimum Gasteiger partial charge on any atom is -0.391 e. The number of anilines is 1. The number of pyridine rings is 1. The lowest BCUT2D eigenvalue weighted by Crippen LogP contribution is -2.46. The van der Waals surface area contributed by atoms with Crippen molar-refractivity contribution in [2.75, 3.05) is 5.32 Å². The summed E-state index contributed by atoms with van der Waals surface area (Å²) in [5.41, 5.74) is 1.41. The Kier molecular flexibility index (Phi) is 4.47. The van der Waals surface area contributed by atoms with E-state index in [0.29, 0.717) is 5.69 Å². The van der Waals surface area contributed by atoms with Crippen LogP contribution in [0.3, 0.4) is 0 Å². The van der Waals surface area contributed by atoms with Gasteiger partial charge in [-0.1, -0.05) is 12.8 Å². The molecule has 23 heavy (non-hydrogen) atoms. The molecule has 2 aromatic rings. The molecule has 2 amide bonds. The van der Waals surface area contributed by atoms with E-state index in [-0.39, 0.29) is 18.1 Å². The first-order valence-electron chi connectivity index (χ1n) is 8.13. The van der Waals surface area contributed by atoms with E-state index >= 15 is 0 Å². The van der Waals surface area contributed by atoms with Gasteiger partial charge in [0.25, 0.3) is 0 Å². The molecule has 3 N–H and O–H groups in total. The van der Waals surface area contributed by atoms with E-state index in [1.165, 1.54) is 0 Å². The molecule has 0 saturated heterocycles. The van der Waals surface area contributed by atoms with Crippen molar-refractivity contribution in [3.8, 4) is 0 Å². The largest absolute Gasteiger partial charge is 0.391 e. The summed E-state index contributed by atoms with van der Waals surface area (Å²) in [6.45, 7) is 4.09. The summed E-state index contributed by atoms with van der Waals surface area (Å²) in [6, 6.07) is 1.60. The molecule has 0 radical (unpaired) electrons. The Morgan fingerprint density at radius 2 is 2.13 bits per heavy atom. The van der Waals surface area contributed by atoms with E-state index < -0.39 is 6.10 Å². The summed E-state index contributed by atoms with van der Waals surface area (Å²) >= 11 is 0. The lowest BCUT2D eigenvalue weighted by atomic mass is 9.93. The second-order valence-electron chi connectivity index (χ2n) is 6.38. The third-order valence-electron chi connectivity index (χ3n) is 4.23. The molecule has 2 unspecified atom stereocenters. The van der Waals surface area contributed by atoms with Gasteiger partial charge in [0.2, 0.25) is 0 Å². The number of carbonyl (C=O) groups excluding carboxylic acids is 1. The molecule has 1 saturated carbocycles. The Hall–Kier alpha value is -2.15. The number of hydrogen-bond donors (Lipinski definition) is 3. The number of fused-ring (bicyclic) bond motifs is 1. The Morgan fingerprint density at radius 1 is 1.35 bits per heavy atom. The lowest BCUT2D eigenvalue weighted by Gasteiger charge is -2.28. The van der Waals surface area contributed by atoms with Crippen LogP contribution in [0.2, 0.25) is 0 Å². The van der Waals surface area contributed by atoms with Gasteiger partial charge in [-0.3, -0.25) is 0 Å². The Morgan fingerprint density at radius 3 is 2.87 bits per heavy atom. The molecule has 0 bridgehead atoms. The summed E-state index contributed by atoms with van der Waals surface area (Å²) < 4.78 is 1.84. The molecule has 2 atom stereocenters. The van der Waals surface area contributed by atoms with Crippen LogP contribution in [0.4, 0.5) is 10.5 Å². The van der Waals surface area contributed by atoms with Crippen molar-refractivity contribution >= 4 is 22.8 Å². The van der Waals surface area contributed by atoms with E-state index in [1.54, 1.807) is 12.4 Å². The van der Waals surface area contributed by atoms with Crippen molar-refractivity contribution in [3.05, 3.63) is 18.5 Å². The Bertz CT molecular complexity index is 697. The maximum Gasteiger partial charge on any atom is 0.319 e. The molecule has 7 heteroatoms. The predicted octanol–water partition coefficient (Wildman–Crippen LogP) is 2.44. The maximum atomic E-state index is 12.1. The number of hydrogen-bond acceptors (Lipinski definition) is 4. The van der Waals surface area contributed by atoms with E-state index in [9.17, 15) is 9.90 Å². The molecule has 0 spiro atoms. The minimum absolute atomic E-state index is 0.177. The van der Waals surface area contributed by atoms with Gasteiger partial charge in [-0.05, 0) is 32.8 Å². The van der Waals surface area contributed by atoms with Gasteiger partial charge in [-0.2, -0.15) is 5.10 Å². The predicted molar refractivity (Wildman–Crippen MR) is 88.3 cm³/mol. The molecule has 3 rings (SSSR count). The second-order valence-corrected chi connectivity index (χ2v) is 6.38. The summed E-state index contributed by atoms with van der Waals surface area (Å²) in [4.78, 5) is 16.5. The average molecular weight is 317 g/mol. The van der Waals surface area contributed by atoms with Crippen LogP contribution in [0.15, 0.2) is 18.5 Å². The van der Waals surface area contributed by atoms with Crippen LogP contribution >= 0.6 is 0 Å². The quantitative estimate of drug-likeness (QED) is 0.810. The van der Waals surface area contributed by atoms with E-state index in [1.807, 2.05) is 24.6 Å². The van der Waals surface area contributed by atoms with Crippen molar-refractivity contribution in [1.82, 2.24) is 20.1 Å². The first-order valence-corrected chi connectivity index (χ1v) is 8.13. The fraction of sp³-hybridized carbons (Fsp3) is 0.562. The fourth-order valence-electron chi connectivity index (χ4n) is 3.00. The molecule has 7 nitrogen and oxygen atoms in total. The fourth-order valence-corrected chi connectivity index (χ4v) is 3.00. The first-order chi connectivity index (χ1) is 11.0. The van der Waals surface area contributed by atoms with Crippen molar-refractivity contribution in [2.45, 2.75) is 57.7 Å². The third-order valence-corrected chi connectivity index (χ3v) is 4.23. The van der Waals surface area contributed by atoms with Crippen molar-refractivity contribution < 1.29 is 9.90 Å². The van der Waals surface area contributed by atoms with Crippen LogP contribution in [0.5, 0.6) is 0 Å². The summed E-state index contributed by atoms with van der Waals surface area (Å²) in [5.74, 6) is 0. The maximum absolute atomic E-state index is 12.1. The van der Waals surface area contributed by atoms with Gasteiger partial charge in [0, 0.05) is 11.4 Å². The van der Waals surface area contributed by atoms with Crippen molar-refractivity contribution in [2.24, 2.45) is 0 Å². The van der Waals surface area contributed by atoms with Gasteiger partial charge in [0.1, 0.15) is 0 Å². The van der Waals surface area contributed by atoms with E-state index in [2.05, 4.69) is 20.7 Å². The van der Waals surface area contributed by atoms with Gasteiger partial charge in [0.05, 0.1) is 30.2 Å². The van der Waals surface area contributed by atoms with Crippen molar-refractivity contribution in [3.63, 3.8) is 0 Å². The number of aliphatic hydroxyl groups excluding tert-OH is 1. The topological polar surface area (TPSA) is 92.1 Å². The SMILES string of the molecule is CC(C)n1ncc2cc(NC(=O)NC3CCCCC3O)cnc21. The third kappa shape index (κ3) is 3.44. The van der Waals surface area contributed by atoms with E-state index in [0.717, 1.165) is 36.7 Å². The standard InChI is InChI=1S/C16H23N5O2/c1-10(2)21-15-11(8-18-21)7-12(9-17-15)19-16(23)20-13-5-3-4-6-14(13)22/h7-10,13-14,22H,3-6H2,1-2H3,(H2,19,20,23). The highest BCUT2D eigenvalue weighted by Gasteiger charge is 2.24. The molecule has 0 aliphatic heterocycles. The number of rotatable bonds is 3. The average Bonchev–Trinajstić information content (AvgIpc) is 2.93. The number of amides is 2. The number of carbonyl (C=O) groups is 1. The van der Waals surface area contributed by atoms with Crippen LogP contribution in [0.25, 0.3) is 11.0 Å². The highest BCUT2D eigenvalue weighted by Crippen LogP contribution is 2.20. The lowest BCUT2D eigenvalue weighted by molar-refractivity contribution is 0.0955. The first kappa shape index (κ1) is 15.7. The minimum atomic E-state index is -0.459. The molecule has 2 aromatic heterocycles. The summed E-state index contributed by atoms with van der Waals surface area (Å²) in [7, 11) is 0. The second kappa shape index (κ2) is 6.54. The van der Waals surface area contributed by atoms with E-state index in [4.69, 9.17) is 0 Å². The van der Waals surface area contributed by atoms with Gasteiger partial charge in [0.15, 0.2) is 5.65 Å². The highest BCUT2D eigenvalue weighted by molar-refractivity contribution is 5.91. The number of aromatic nitrogens is 3. The Balaban J connectivity index is 1.67. The zero-order valence-corrected chi connectivity index (χ0v) is 13.5. The zero-order valence-electron chi connectivity index (χ0n) is 13.5. The molecule has 1 aliphatic carbocycles. The summed E-state index contributed by atoms with van der Waals surface area (Å²) in [5, 5.41) is 20.7. The Labute approximate surface area is 135 Å². The summed E-state index contributed by atoms with van der Waals surface area (Å²) in [6.07, 6.45) is 6.51. The molecule has 124 valence electrons. The van der Waals surface area contributed by atoms with Gasteiger partial charge < -0.3 is 15.7 Å². The van der Waals surface area contributed by atoms with Crippen LogP contribution in [0, 0.1) is 0 Å². The highest BCUT2D eigenvalue weighted by atomic mass is 16.3. The molecule has 2 heterocycles. The number of aliphatic hydroxyl groups is 1. The molecular formula is C16H23N5O2. The molecule has 1 aliphatic rings. The number of nitrogens with zero attached hydrogens (tertiary/aromatic N) is 3. The van der Waals surface area contributed by atoms with Crippen LogP contribution in [-0.2, 0) is 0 Å². The van der Waals surface area contributed by atoms with Gasteiger partial charge >= 0.3 is 6.03 Å². The number of nitrogens with one attached hydrogen (secondary N) is 2. The van der Waals surface area contributed by atoms with Crippen molar-refractivity contribution in [1.29, 1.82) is 0 Å². The monoisotopic (exact) mass is 317 g/mol. The van der Waals surface area contributed by atoms with Crippen LogP contribution < -0.4 is 10.6 Å². The number of urea groups is 1. The normalized spacial score (nSPS) is 21.6. The molecular weight excluding hydrogens is 294 g/mol. The van der Waals surface area contributed by atoms with Crippen LogP contribution in [0.1, 0.15) is 45.6 Å². The molecule has 1 fully saturated rings. The van der Waals surface area contributed by atoms with Gasteiger partial charge in [-0.15, -0.1) is 0 Å². The van der Waals surface area contributed by atoms with Gasteiger partial charge in [-0.25, -0.2) is 14.5 Å².